The van der Waals surface area contributed by atoms with Gasteiger partial charge in [-0.05, 0) is 86.8 Å². The zero-order valence-corrected chi connectivity index (χ0v) is 21.5. The third-order valence-electron chi connectivity index (χ3n) is 8.67. The number of fused-ring (bicyclic) bond motifs is 2. The van der Waals surface area contributed by atoms with E-state index in [1.54, 1.807) is 25.3 Å². The number of methoxy groups -OCH3 is 1. The molecule has 7 nitrogen and oxygen atoms in total. The number of H-pyrrole nitrogens is 1. The van der Waals surface area contributed by atoms with Gasteiger partial charge >= 0.3 is 5.97 Å². The van der Waals surface area contributed by atoms with Gasteiger partial charge in [0.05, 0.1) is 11.7 Å². The summed E-state index contributed by atoms with van der Waals surface area (Å²) < 4.78 is 44.0. The fourth-order valence-corrected chi connectivity index (χ4v) is 6.56. The summed E-state index contributed by atoms with van der Waals surface area (Å²) in [6.45, 7) is 2.95. The molecule has 38 heavy (non-hydrogen) atoms. The van der Waals surface area contributed by atoms with Crippen molar-refractivity contribution in [2.45, 2.75) is 62.9 Å². The van der Waals surface area contributed by atoms with E-state index in [2.05, 4.69) is 14.8 Å². The number of nitrogens with zero attached hydrogens (tertiary/aromatic N) is 2. The third kappa shape index (κ3) is 3.82. The Bertz CT molecular complexity index is 1530. The van der Waals surface area contributed by atoms with Crippen LogP contribution in [0, 0.1) is 18.6 Å². The molecule has 2 N–H and O–H groups in total. The molecule has 2 fully saturated rings. The van der Waals surface area contributed by atoms with E-state index in [9.17, 15) is 14.3 Å². The van der Waals surface area contributed by atoms with Gasteiger partial charge in [-0.25, -0.2) is 13.6 Å². The van der Waals surface area contributed by atoms with Gasteiger partial charge in [-0.15, -0.1) is 0 Å². The lowest BCUT2D eigenvalue weighted by Gasteiger charge is -2.36. The normalized spacial score (nSPS) is 22.9. The maximum absolute atomic E-state index is 16.4. The molecule has 2 aromatic heterocycles. The minimum Gasteiger partial charge on any atom is -0.479 e. The largest absolute Gasteiger partial charge is 0.479 e. The molecule has 0 atom stereocenters. The Morgan fingerprint density at radius 3 is 2.55 bits per heavy atom. The van der Waals surface area contributed by atoms with Crippen LogP contribution >= 0.6 is 0 Å². The predicted octanol–water partition coefficient (Wildman–Crippen LogP) is 6.11. The highest BCUT2D eigenvalue weighted by atomic mass is 19.1. The molecule has 2 aromatic carbocycles. The first kappa shape index (κ1) is 25.0. The van der Waals surface area contributed by atoms with Crippen LogP contribution in [-0.4, -0.2) is 51.8 Å². The number of benzene rings is 2. The number of rotatable bonds is 5. The van der Waals surface area contributed by atoms with Crippen molar-refractivity contribution >= 4 is 27.8 Å². The van der Waals surface area contributed by atoms with Gasteiger partial charge in [-0.1, -0.05) is 0 Å². The first-order valence-corrected chi connectivity index (χ1v) is 13.2. The van der Waals surface area contributed by atoms with Crippen LogP contribution in [0.3, 0.4) is 0 Å². The number of aliphatic carboxylic acids is 1. The average Bonchev–Trinajstić information content (AvgIpc) is 3.54. The van der Waals surface area contributed by atoms with Crippen LogP contribution < -0.4 is 0 Å². The zero-order chi connectivity index (χ0) is 26.6. The number of aryl methyl sites for hydroxylation is 1. The molecule has 200 valence electrons. The molecular weight excluding hydrogens is 492 g/mol. The van der Waals surface area contributed by atoms with Crippen molar-refractivity contribution in [1.29, 1.82) is 0 Å². The first-order valence-electron chi connectivity index (χ1n) is 13.2. The van der Waals surface area contributed by atoms with Gasteiger partial charge in [0.25, 0.3) is 0 Å². The van der Waals surface area contributed by atoms with Crippen molar-refractivity contribution in [2.24, 2.45) is 0 Å². The van der Waals surface area contributed by atoms with Crippen molar-refractivity contribution in [1.82, 2.24) is 14.8 Å². The average molecular weight is 524 g/mol. The first-order chi connectivity index (χ1) is 18.3. The maximum Gasteiger partial charge on any atom is 0.335 e. The second kappa shape index (κ2) is 9.47. The van der Waals surface area contributed by atoms with E-state index in [-0.39, 0.29) is 23.5 Å². The SMILES string of the molecule is CO[C@]1(C(=O)O)CC[C@H](c2c(C3CCOCC3)n(-c3ccc(F)c(C)c3)c3cc4cn[nH]c4c(F)c32)CC1. The Kier molecular flexibility index (Phi) is 6.23. The number of nitrogens with one attached hydrogen (secondary N) is 1. The van der Waals surface area contributed by atoms with Crippen LogP contribution in [0.2, 0.25) is 0 Å². The Morgan fingerprint density at radius 1 is 1.16 bits per heavy atom. The van der Waals surface area contributed by atoms with Crippen LogP contribution in [-0.2, 0) is 14.3 Å². The van der Waals surface area contributed by atoms with Crippen LogP contribution in [0.1, 0.15) is 67.2 Å². The van der Waals surface area contributed by atoms with Crippen molar-refractivity contribution in [3.05, 3.63) is 58.9 Å². The molecule has 6 rings (SSSR count). The number of carbonyl (C=O) groups is 1. The van der Waals surface area contributed by atoms with Gasteiger partial charge in [0.2, 0.25) is 0 Å². The number of hydrogen-bond donors (Lipinski definition) is 2. The quantitative estimate of drug-likeness (QED) is 0.329. The highest BCUT2D eigenvalue weighted by molar-refractivity contribution is 6.00. The number of carboxylic acid groups (broad SMARTS) is 1. The Balaban J connectivity index is 1.64. The van der Waals surface area contributed by atoms with Gasteiger partial charge in [0, 0.05) is 48.4 Å². The predicted molar refractivity (Wildman–Crippen MR) is 139 cm³/mol. The van der Waals surface area contributed by atoms with E-state index < -0.39 is 11.6 Å². The minimum atomic E-state index is -1.23. The topological polar surface area (TPSA) is 89.4 Å². The summed E-state index contributed by atoms with van der Waals surface area (Å²) in [5, 5.41) is 17.9. The number of carboxylic acids is 1. The highest BCUT2D eigenvalue weighted by Crippen LogP contribution is 2.49. The summed E-state index contributed by atoms with van der Waals surface area (Å²) in [7, 11) is 1.44. The van der Waals surface area contributed by atoms with Gasteiger partial charge in [-0.2, -0.15) is 5.10 Å². The van der Waals surface area contributed by atoms with Crippen LogP contribution in [0.25, 0.3) is 27.5 Å². The Labute approximate surface area is 218 Å². The van der Waals surface area contributed by atoms with E-state index in [0.717, 1.165) is 29.8 Å². The molecule has 1 aliphatic carbocycles. The summed E-state index contributed by atoms with van der Waals surface area (Å²) in [5.74, 6) is -1.56. The second-order valence-corrected chi connectivity index (χ2v) is 10.7. The van der Waals surface area contributed by atoms with Crippen LogP contribution in [0.5, 0.6) is 0 Å². The molecule has 0 radical (unpaired) electrons. The molecular formula is C29H31F2N3O4. The van der Waals surface area contributed by atoms with E-state index in [1.165, 1.54) is 13.2 Å². The summed E-state index contributed by atoms with van der Waals surface area (Å²) in [5.41, 5.74) is 3.04. The molecule has 1 saturated heterocycles. The molecule has 0 amide bonds. The summed E-state index contributed by atoms with van der Waals surface area (Å²) >= 11 is 0. The van der Waals surface area contributed by atoms with Gasteiger partial charge in [0.15, 0.2) is 11.4 Å². The monoisotopic (exact) mass is 523 g/mol. The Morgan fingerprint density at radius 2 is 1.89 bits per heavy atom. The lowest BCUT2D eigenvalue weighted by Crippen LogP contribution is -2.43. The Hall–Kier alpha value is -3.30. The molecule has 0 unspecified atom stereocenters. The second-order valence-electron chi connectivity index (χ2n) is 10.7. The van der Waals surface area contributed by atoms with Crippen molar-refractivity contribution < 1.29 is 28.2 Å². The summed E-state index contributed by atoms with van der Waals surface area (Å²) in [6, 6.07) is 6.95. The molecule has 2 aliphatic rings. The minimum absolute atomic E-state index is 0.0596. The highest BCUT2D eigenvalue weighted by Gasteiger charge is 2.44. The van der Waals surface area contributed by atoms with Crippen LogP contribution in [0.15, 0.2) is 30.5 Å². The van der Waals surface area contributed by atoms with Gasteiger partial charge in [-0.3, -0.25) is 5.10 Å². The van der Waals surface area contributed by atoms with Crippen molar-refractivity contribution in [2.75, 3.05) is 20.3 Å². The van der Waals surface area contributed by atoms with Crippen molar-refractivity contribution in [3.8, 4) is 5.69 Å². The number of aromatic amines is 1. The maximum atomic E-state index is 16.4. The molecule has 9 heteroatoms. The van der Waals surface area contributed by atoms with E-state index in [1.807, 2.05) is 6.07 Å². The zero-order valence-electron chi connectivity index (χ0n) is 21.5. The lowest BCUT2D eigenvalue weighted by molar-refractivity contribution is -0.166. The summed E-state index contributed by atoms with van der Waals surface area (Å²) in [4.78, 5) is 12.1. The van der Waals surface area contributed by atoms with Gasteiger partial charge < -0.3 is 19.1 Å². The molecule has 0 spiro atoms. The van der Waals surface area contributed by atoms with E-state index in [0.29, 0.717) is 66.3 Å². The summed E-state index contributed by atoms with van der Waals surface area (Å²) in [6.07, 6.45) is 4.97. The molecule has 1 aliphatic heterocycles. The van der Waals surface area contributed by atoms with Crippen molar-refractivity contribution in [3.63, 3.8) is 0 Å². The molecule has 1 saturated carbocycles. The number of halogens is 2. The van der Waals surface area contributed by atoms with Crippen LogP contribution in [0.4, 0.5) is 8.78 Å². The lowest BCUT2D eigenvalue weighted by atomic mass is 9.74. The van der Waals surface area contributed by atoms with E-state index >= 15 is 4.39 Å². The smallest absolute Gasteiger partial charge is 0.335 e. The standard InChI is InChI=1S/C29H31F2N3O4/c1-16-13-20(3-4-21(16)30)34-22-14-19-15-32-33-26(19)25(31)24(22)23(27(34)18-7-11-38-12-8-18)17-5-9-29(37-2,10-6-17)28(35)36/h3-4,13-15,17-18H,5-12H2,1-2H3,(H,32,33)(H,35,36)/t17-,29+. The van der Waals surface area contributed by atoms with E-state index in [4.69, 9.17) is 9.47 Å². The molecule has 4 aromatic rings. The van der Waals surface area contributed by atoms with Gasteiger partial charge in [0.1, 0.15) is 11.3 Å². The number of hydrogen-bond acceptors (Lipinski definition) is 4. The fourth-order valence-electron chi connectivity index (χ4n) is 6.56. The number of ether oxygens (including phenoxy) is 2. The fraction of sp³-hybridized carbons (Fsp3) is 0.448. The number of aromatic nitrogens is 3. The molecule has 0 bridgehead atoms. The molecule has 3 heterocycles. The third-order valence-corrected chi connectivity index (χ3v) is 8.67.